The summed E-state index contributed by atoms with van der Waals surface area (Å²) in [6.07, 6.45) is 0. The molecule has 0 rings (SSSR count). The van der Waals surface area contributed by atoms with Crippen molar-refractivity contribution in [2.24, 2.45) is 5.34 Å². The molecule has 0 saturated carbocycles. The molecule has 0 heterocycles. The molecular formula is C8H20N2O2. The van der Waals surface area contributed by atoms with E-state index in [1.165, 1.54) is 30.7 Å². The molecule has 0 aliphatic carbocycles. The third kappa shape index (κ3) is 5.07. The molecular weight excluding hydrogens is 156 g/mol. The highest BCUT2D eigenvalue weighted by Gasteiger charge is 2.16. The predicted octanol–water partition coefficient (Wildman–Crippen LogP) is 2.13. The topological polar surface area (TPSA) is 52.5 Å². The van der Waals surface area contributed by atoms with Crippen molar-refractivity contribution in [1.82, 2.24) is 0 Å². The molecule has 0 aliphatic heterocycles. The van der Waals surface area contributed by atoms with Crippen LogP contribution in [0.5, 0.6) is 0 Å². The molecule has 0 amide bonds. The van der Waals surface area contributed by atoms with E-state index in [4.69, 9.17) is 10.1 Å². The Morgan fingerprint density at radius 1 is 1.00 bits per heavy atom. The van der Waals surface area contributed by atoms with Crippen molar-refractivity contribution in [2.75, 3.05) is 26.2 Å². The molecule has 0 spiro atoms. The summed E-state index contributed by atoms with van der Waals surface area (Å²) in [4.78, 5) is 8.00. The quantitative estimate of drug-likeness (QED) is 0.374. The second-order valence-electron chi connectivity index (χ2n) is 2.68. The van der Waals surface area contributed by atoms with Crippen molar-refractivity contribution in [3.8, 4) is 0 Å². The lowest BCUT2D eigenvalue weighted by Crippen LogP contribution is -2.47. The summed E-state index contributed by atoms with van der Waals surface area (Å²) >= 11 is 0. The number of hydrogen-bond acceptors (Lipinski definition) is 3. The zero-order valence-electron chi connectivity index (χ0n) is 8.54. The minimum Gasteiger partial charge on any atom is -0.444 e. The van der Waals surface area contributed by atoms with E-state index in [0.29, 0.717) is 0 Å². The van der Waals surface area contributed by atoms with Gasteiger partial charge in [0.15, 0.2) is 0 Å². The summed E-state index contributed by atoms with van der Waals surface area (Å²) in [6, 6.07) is 0. The number of hydrogen-bond donors (Lipinski definition) is 0. The van der Waals surface area contributed by atoms with E-state index in [-0.39, 0.29) is 0 Å². The maximum absolute atomic E-state index is 8.00. The number of quaternary nitrogens is 1. The predicted molar refractivity (Wildman–Crippen MR) is 51.6 cm³/mol. The molecule has 74 valence electrons. The van der Waals surface area contributed by atoms with Gasteiger partial charge < -0.3 is 14.6 Å². The number of nitrogens with zero attached hydrogens (tertiary/aromatic N) is 2. The van der Waals surface area contributed by atoms with Gasteiger partial charge in [0.1, 0.15) is 0 Å². The molecule has 0 N–H and O–H groups in total. The van der Waals surface area contributed by atoms with Gasteiger partial charge in [-0.1, -0.05) is 0 Å². The van der Waals surface area contributed by atoms with Crippen LogP contribution in [0.3, 0.4) is 0 Å². The normalized spacial score (nSPS) is 10.0. The average molecular weight is 176 g/mol. The van der Waals surface area contributed by atoms with Crippen molar-refractivity contribution in [3.63, 3.8) is 0 Å². The van der Waals surface area contributed by atoms with Crippen molar-refractivity contribution in [2.45, 2.75) is 27.7 Å². The SMILES string of the molecule is CC[N+](CC)(CC)CC.O=N[O-]. The zero-order valence-corrected chi connectivity index (χ0v) is 8.54. The minimum absolute atomic E-state index is 1.00. The van der Waals surface area contributed by atoms with Gasteiger partial charge in [-0.05, 0) is 27.7 Å². The van der Waals surface area contributed by atoms with Crippen LogP contribution in [0.1, 0.15) is 27.7 Å². The summed E-state index contributed by atoms with van der Waals surface area (Å²) in [5, 5.41) is 9.00. The average Bonchev–Trinajstić information content (AvgIpc) is 2.11. The molecule has 0 radical (unpaired) electrons. The Bertz CT molecular complexity index is 85.7. The molecule has 0 aromatic carbocycles. The fourth-order valence-electron chi connectivity index (χ4n) is 1.34. The Balaban J connectivity index is 0. The highest BCUT2D eigenvalue weighted by atomic mass is 16.6. The van der Waals surface area contributed by atoms with Crippen LogP contribution in [-0.2, 0) is 0 Å². The van der Waals surface area contributed by atoms with Crippen LogP contribution < -0.4 is 0 Å². The largest absolute Gasteiger partial charge is 0.444 e. The lowest BCUT2D eigenvalue weighted by atomic mass is 10.3. The maximum Gasteiger partial charge on any atom is 0.0757 e. The molecule has 0 atom stereocenters. The first-order chi connectivity index (χ1) is 5.66. The third-order valence-electron chi connectivity index (χ3n) is 2.68. The van der Waals surface area contributed by atoms with E-state index in [9.17, 15) is 0 Å². The van der Waals surface area contributed by atoms with Crippen LogP contribution >= 0.6 is 0 Å². The van der Waals surface area contributed by atoms with Crippen LogP contribution in [0, 0.1) is 10.1 Å². The Kier molecular flexibility index (Phi) is 9.81. The highest BCUT2D eigenvalue weighted by Crippen LogP contribution is 2.03. The smallest absolute Gasteiger partial charge is 0.0757 e. The van der Waals surface area contributed by atoms with Crippen molar-refractivity contribution < 1.29 is 4.48 Å². The van der Waals surface area contributed by atoms with E-state index >= 15 is 0 Å². The van der Waals surface area contributed by atoms with Gasteiger partial charge in [0.25, 0.3) is 0 Å². The molecule has 0 aliphatic rings. The molecule has 0 unspecified atom stereocenters. The molecule has 4 heteroatoms. The Hall–Kier alpha value is -0.640. The summed E-state index contributed by atoms with van der Waals surface area (Å²) in [5.41, 5.74) is 0. The van der Waals surface area contributed by atoms with Crippen LogP contribution in [0.4, 0.5) is 0 Å². The standard InChI is InChI=1S/C8H20N.HNO2/c1-5-9(6-2,7-3)8-4;2-1-3/h5-8H2,1-4H3;(H,2,3)/q+1;/p-1. The third-order valence-corrected chi connectivity index (χ3v) is 2.68. The van der Waals surface area contributed by atoms with Gasteiger partial charge in [-0.3, -0.25) is 0 Å². The second-order valence-corrected chi connectivity index (χ2v) is 2.68. The second kappa shape index (κ2) is 8.46. The zero-order chi connectivity index (χ0) is 10.0. The van der Waals surface area contributed by atoms with E-state index in [1.54, 1.807) is 0 Å². The Morgan fingerprint density at radius 2 is 1.17 bits per heavy atom. The van der Waals surface area contributed by atoms with Gasteiger partial charge in [0.05, 0.1) is 26.2 Å². The van der Waals surface area contributed by atoms with Gasteiger partial charge in [-0.2, -0.15) is 0 Å². The first-order valence-electron chi connectivity index (χ1n) is 4.46. The highest BCUT2D eigenvalue weighted by molar-refractivity contribution is 4.31. The molecule has 12 heavy (non-hydrogen) atoms. The van der Waals surface area contributed by atoms with Gasteiger partial charge in [-0.15, -0.1) is 5.34 Å². The van der Waals surface area contributed by atoms with Crippen molar-refractivity contribution in [1.29, 1.82) is 0 Å². The van der Waals surface area contributed by atoms with E-state index < -0.39 is 0 Å². The maximum atomic E-state index is 8.00. The molecule has 0 saturated heterocycles. The number of rotatable bonds is 4. The molecule has 0 bridgehead atoms. The lowest BCUT2D eigenvalue weighted by molar-refractivity contribution is -0.921. The van der Waals surface area contributed by atoms with E-state index in [1.807, 2.05) is 0 Å². The van der Waals surface area contributed by atoms with Gasteiger partial charge >= 0.3 is 0 Å². The molecule has 0 aromatic heterocycles. The lowest BCUT2D eigenvalue weighted by Gasteiger charge is -2.34. The fraction of sp³-hybridized carbons (Fsp3) is 1.00. The van der Waals surface area contributed by atoms with Crippen LogP contribution in [0.15, 0.2) is 5.34 Å². The van der Waals surface area contributed by atoms with Crippen LogP contribution in [-0.4, -0.2) is 30.7 Å². The van der Waals surface area contributed by atoms with E-state index in [0.717, 1.165) is 5.34 Å². The summed E-state index contributed by atoms with van der Waals surface area (Å²) in [7, 11) is 0. The van der Waals surface area contributed by atoms with Crippen molar-refractivity contribution >= 4 is 0 Å². The summed E-state index contributed by atoms with van der Waals surface area (Å²) in [5.74, 6) is 0. The molecule has 4 nitrogen and oxygen atoms in total. The fourth-order valence-corrected chi connectivity index (χ4v) is 1.34. The van der Waals surface area contributed by atoms with Crippen molar-refractivity contribution in [3.05, 3.63) is 10.1 Å². The first kappa shape index (κ1) is 13.9. The Morgan fingerprint density at radius 3 is 1.17 bits per heavy atom. The summed E-state index contributed by atoms with van der Waals surface area (Å²) in [6.45, 7) is 14.2. The van der Waals surface area contributed by atoms with Crippen LogP contribution in [0.25, 0.3) is 0 Å². The molecule has 0 fully saturated rings. The van der Waals surface area contributed by atoms with Crippen LogP contribution in [0.2, 0.25) is 0 Å². The monoisotopic (exact) mass is 176 g/mol. The van der Waals surface area contributed by atoms with Gasteiger partial charge in [0.2, 0.25) is 0 Å². The Labute approximate surface area is 74.7 Å². The minimum atomic E-state index is 1.00. The van der Waals surface area contributed by atoms with Gasteiger partial charge in [-0.25, -0.2) is 0 Å². The van der Waals surface area contributed by atoms with Gasteiger partial charge in [0, 0.05) is 0 Å². The van der Waals surface area contributed by atoms with E-state index in [2.05, 4.69) is 27.7 Å². The molecule has 0 aromatic rings. The first-order valence-corrected chi connectivity index (χ1v) is 4.46. The summed E-state index contributed by atoms with van der Waals surface area (Å²) < 4.78 is 1.28.